The van der Waals surface area contributed by atoms with E-state index in [1.807, 2.05) is 0 Å². The van der Waals surface area contributed by atoms with Gasteiger partial charge < -0.3 is 19.3 Å². The molecule has 6 nitrogen and oxygen atoms in total. The van der Waals surface area contributed by atoms with Gasteiger partial charge in [-0.1, -0.05) is 5.16 Å². The average molecular weight is 239 g/mol. The van der Waals surface area contributed by atoms with E-state index in [9.17, 15) is 0 Å². The Morgan fingerprint density at radius 2 is 2.06 bits per heavy atom. The molecule has 2 saturated heterocycles. The Kier molecular flexibility index (Phi) is 3.35. The van der Waals surface area contributed by atoms with Gasteiger partial charge in [0.1, 0.15) is 6.10 Å². The Bertz CT molecular complexity index is 324. The molecule has 0 aliphatic carbocycles. The number of hydrogen-bond acceptors (Lipinski definition) is 6. The van der Waals surface area contributed by atoms with Gasteiger partial charge in [-0.2, -0.15) is 4.98 Å². The first kappa shape index (κ1) is 11.1. The molecule has 1 unspecified atom stereocenters. The molecule has 3 heterocycles. The molecule has 0 amide bonds. The van der Waals surface area contributed by atoms with Crippen molar-refractivity contribution in [2.24, 2.45) is 0 Å². The molecule has 0 radical (unpaired) electrons. The van der Waals surface area contributed by atoms with Crippen LogP contribution in [0.2, 0.25) is 0 Å². The van der Waals surface area contributed by atoms with Crippen LogP contribution in [0, 0.1) is 0 Å². The van der Waals surface area contributed by atoms with E-state index in [0.29, 0.717) is 31.6 Å². The highest BCUT2D eigenvalue weighted by Crippen LogP contribution is 2.25. The summed E-state index contributed by atoms with van der Waals surface area (Å²) in [5.41, 5.74) is 0. The van der Waals surface area contributed by atoms with Crippen molar-refractivity contribution in [2.75, 3.05) is 32.9 Å². The molecule has 2 aliphatic heterocycles. The monoisotopic (exact) mass is 239 g/mol. The predicted octanol–water partition coefficient (Wildman–Crippen LogP) is 0.624. The van der Waals surface area contributed by atoms with Crippen LogP contribution in [0.3, 0.4) is 0 Å². The van der Waals surface area contributed by atoms with Gasteiger partial charge in [-0.15, -0.1) is 0 Å². The number of piperidine rings is 1. The summed E-state index contributed by atoms with van der Waals surface area (Å²) in [6.07, 6.45) is 1.95. The highest BCUT2D eigenvalue weighted by atomic mass is 16.6. The zero-order chi connectivity index (χ0) is 11.5. The zero-order valence-electron chi connectivity index (χ0n) is 9.72. The van der Waals surface area contributed by atoms with E-state index >= 15 is 0 Å². The number of ether oxygens (including phenoxy) is 2. The molecule has 17 heavy (non-hydrogen) atoms. The van der Waals surface area contributed by atoms with Crippen LogP contribution in [-0.2, 0) is 9.47 Å². The van der Waals surface area contributed by atoms with Crippen molar-refractivity contribution in [2.45, 2.75) is 24.9 Å². The summed E-state index contributed by atoms with van der Waals surface area (Å²) >= 11 is 0. The number of hydrogen-bond donors (Lipinski definition) is 1. The van der Waals surface area contributed by atoms with Crippen molar-refractivity contribution in [3.8, 4) is 0 Å². The van der Waals surface area contributed by atoms with E-state index in [1.54, 1.807) is 0 Å². The van der Waals surface area contributed by atoms with Gasteiger partial charge in [0, 0.05) is 5.92 Å². The summed E-state index contributed by atoms with van der Waals surface area (Å²) in [5.74, 6) is 1.76. The van der Waals surface area contributed by atoms with Crippen molar-refractivity contribution in [3.63, 3.8) is 0 Å². The van der Waals surface area contributed by atoms with Gasteiger partial charge in [0.05, 0.1) is 19.8 Å². The topological polar surface area (TPSA) is 69.4 Å². The first-order chi connectivity index (χ1) is 8.43. The van der Waals surface area contributed by atoms with Crippen LogP contribution in [0.5, 0.6) is 0 Å². The molecule has 2 fully saturated rings. The highest BCUT2D eigenvalue weighted by molar-refractivity contribution is 4.98. The first-order valence-corrected chi connectivity index (χ1v) is 6.17. The maximum absolute atomic E-state index is 5.54. The van der Waals surface area contributed by atoms with E-state index in [4.69, 9.17) is 14.0 Å². The molecule has 1 atom stereocenters. The standard InChI is InChI=1S/C11H17N3O3/c1-3-12-4-2-8(1)11-13-10(14-17-11)9-7-15-5-6-16-9/h8-9,12H,1-7H2. The van der Waals surface area contributed by atoms with Gasteiger partial charge in [-0.05, 0) is 25.9 Å². The van der Waals surface area contributed by atoms with Crippen LogP contribution in [0.25, 0.3) is 0 Å². The molecule has 1 aromatic rings. The smallest absolute Gasteiger partial charge is 0.229 e. The molecule has 1 aromatic heterocycles. The fraction of sp³-hybridized carbons (Fsp3) is 0.818. The molecule has 3 rings (SSSR count). The summed E-state index contributed by atoms with van der Waals surface area (Å²) in [5, 5.41) is 7.32. The first-order valence-electron chi connectivity index (χ1n) is 6.17. The molecule has 0 saturated carbocycles. The molecule has 0 aromatic carbocycles. The van der Waals surface area contributed by atoms with Crippen molar-refractivity contribution in [1.82, 2.24) is 15.5 Å². The van der Waals surface area contributed by atoms with Gasteiger partial charge in [-0.25, -0.2) is 0 Å². The van der Waals surface area contributed by atoms with Crippen LogP contribution in [0.15, 0.2) is 4.52 Å². The van der Waals surface area contributed by atoms with Crippen LogP contribution in [0.4, 0.5) is 0 Å². The maximum Gasteiger partial charge on any atom is 0.229 e. The van der Waals surface area contributed by atoms with E-state index in [2.05, 4.69) is 15.5 Å². The summed E-state index contributed by atoms with van der Waals surface area (Å²) in [7, 11) is 0. The lowest BCUT2D eigenvalue weighted by Crippen LogP contribution is -2.27. The Balaban J connectivity index is 1.68. The van der Waals surface area contributed by atoms with Gasteiger partial charge in [-0.3, -0.25) is 0 Å². The summed E-state index contributed by atoms with van der Waals surface area (Å²) in [6, 6.07) is 0. The Labute approximate surface area is 99.7 Å². The predicted molar refractivity (Wildman–Crippen MR) is 58.7 cm³/mol. The van der Waals surface area contributed by atoms with Crippen LogP contribution < -0.4 is 5.32 Å². The molecule has 0 spiro atoms. The second-order valence-corrected chi connectivity index (χ2v) is 4.45. The minimum absolute atomic E-state index is 0.164. The second kappa shape index (κ2) is 5.12. The SMILES string of the molecule is C1CC(c2nc(C3COCCO3)no2)CCN1. The molecule has 1 N–H and O–H groups in total. The van der Waals surface area contributed by atoms with Crippen molar-refractivity contribution in [1.29, 1.82) is 0 Å². The van der Waals surface area contributed by atoms with Crippen LogP contribution in [0.1, 0.15) is 36.6 Å². The lowest BCUT2D eigenvalue weighted by molar-refractivity contribution is -0.0941. The van der Waals surface area contributed by atoms with E-state index in [-0.39, 0.29) is 6.10 Å². The van der Waals surface area contributed by atoms with Crippen molar-refractivity contribution >= 4 is 0 Å². The summed E-state index contributed by atoms with van der Waals surface area (Å²) in [6.45, 7) is 3.80. The zero-order valence-corrected chi connectivity index (χ0v) is 9.72. The fourth-order valence-electron chi connectivity index (χ4n) is 2.25. The number of nitrogens with zero attached hydrogens (tertiary/aromatic N) is 2. The largest absolute Gasteiger partial charge is 0.376 e. The lowest BCUT2D eigenvalue weighted by Gasteiger charge is -2.20. The van der Waals surface area contributed by atoms with E-state index in [1.165, 1.54) is 0 Å². The third-order valence-corrected chi connectivity index (χ3v) is 3.25. The van der Waals surface area contributed by atoms with Crippen molar-refractivity contribution in [3.05, 3.63) is 11.7 Å². The molecule has 6 heteroatoms. The number of rotatable bonds is 2. The molecule has 94 valence electrons. The summed E-state index contributed by atoms with van der Waals surface area (Å²) < 4.78 is 16.2. The lowest BCUT2D eigenvalue weighted by atomic mass is 9.98. The maximum atomic E-state index is 5.54. The number of nitrogens with one attached hydrogen (secondary N) is 1. The van der Waals surface area contributed by atoms with Gasteiger partial charge in [0.15, 0.2) is 0 Å². The van der Waals surface area contributed by atoms with E-state index < -0.39 is 0 Å². The average Bonchev–Trinajstić information content (AvgIpc) is 2.90. The van der Waals surface area contributed by atoms with E-state index in [0.717, 1.165) is 31.8 Å². The highest BCUT2D eigenvalue weighted by Gasteiger charge is 2.26. The molecule has 2 aliphatic rings. The second-order valence-electron chi connectivity index (χ2n) is 4.45. The fourth-order valence-corrected chi connectivity index (χ4v) is 2.25. The third-order valence-electron chi connectivity index (χ3n) is 3.25. The van der Waals surface area contributed by atoms with Crippen molar-refractivity contribution < 1.29 is 14.0 Å². The minimum atomic E-state index is -0.164. The Hall–Kier alpha value is -0.980. The summed E-state index contributed by atoms with van der Waals surface area (Å²) in [4.78, 5) is 4.45. The normalized spacial score (nSPS) is 27.2. The Morgan fingerprint density at radius 3 is 2.82 bits per heavy atom. The molecule has 0 bridgehead atoms. The van der Waals surface area contributed by atoms with Gasteiger partial charge >= 0.3 is 0 Å². The third kappa shape index (κ3) is 2.48. The minimum Gasteiger partial charge on any atom is -0.376 e. The number of aromatic nitrogens is 2. The molecular weight excluding hydrogens is 222 g/mol. The molecular formula is C11H17N3O3. The van der Waals surface area contributed by atoms with Gasteiger partial charge in [0.2, 0.25) is 11.7 Å². The van der Waals surface area contributed by atoms with Crippen LogP contribution in [-0.4, -0.2) is 43.1 Å². The van der Waals surface area contributed by atoms with Crippen LogP contribution >= 0.6 is 0 Å². The Morgan fingerprint density at radius 1 is 1.18 bits per heavy atom. The quantitative estimate of drug-likeness (QED) is 0.816. The van der Waals surface area contributed by atoms with Gasteiger partial charge in [0.25, 0.3) is 0 Å².